The van der Waals surface area contributed by atoms with E-state index in [9.17, 15) is 38.4 Å². The molecule has 0 aliphatic carbocycles. The zero-order chi connectivity index (χ0) is 31.4. The van der Waals surface area contributed by atoms with Crippen LogP contribution in [-0.4, -0.2) is 187 Å². The number of carbonyl (C=O) groups is 8. The van der Waals surface area contributed by atoms with Gasteiger partial charge in [-0.3, -0.25) is 58.0 Å². The zero-order valence-corrected chi connectivity index (χ0v) is 22.6. The predicted octanol–water partition coefficient (Wildman–Crippen LogP) is -4.14. The Labute approximate surface area is 242 Å². The van der Waals surface area contributed by atoms with Crippen LogP contribution in [-0.2, 0) is 55.4 Å². The molecule has 0 spiro atoms. The fraction of sp³-hybridized carbons (Fsp3) is 0.600. The van der Waals surface area contributed by atoms with Gasteiger partial charge in [0.05, 0.1) is 52.4 Å². The van der Waals surface area contributed by atoms with Crippen molar-refractivity contribution in [2.75, 3.05) is 78.5 Å². The molecule has 236 valence electrons. The Balaban J connectivity index is -0.000000688. The number of rotatable bonds is 22. The van der Waals surface area contributed by atoms with E-state index < -0.39 is 100 Å². The molecular formula is C20H32FeN4O16. The van der Waals surface area contributed by atoms with E-state index in [1.54, 1.807) is 0 Å². The molecule has 0 fully saturated rings. The first-order chi connectivity index (χ1) is 18.4. The van der Waals surface area contributed by atoms with Crippen LogP contribution in [0, 0.1) is 0 Å². The van der Waals surface area contributed by atoms with Crippen LogP contribution >= 0.6 is 0 Å². The molecule has 0 unspecified atom stereocenters. The first kappa shape index (κ1) is 41.6. The van der Waals surface area contributed by atoms with Crippen LogP contribution in [0.1, 0.15) is 0 Å². The molecule has 0 aliphatic heterocycles. The van der Waals surface area contributed by atoms with Gasteiger partial charge in [-0.15, -0.1) is 0 Å². The number of carboxylic acids is 8. The molecule has 0 atom stereocenters. The van der Waals surface area contributed by atoms with Crippen molar-refractivity contribution < 1.29 is 96.3 Å². The van der Waals surface area contributed by atoms with Gasteiger partial charge in [-0.05, 0) is 0 Å². The number of hydrogen-bond donors (Lipinski definition) is 8. The summed E-state index contributed by atoms with van der Waals surface area (Å²) in [5.41, 5.74) is 0. The summed E-state index contributed by atoms with van der Waals surface area (Å²) in [6.07, 6.45) is 0. The molecule has 20 nitrogen and oxygen atoms in total. The second kappa shape index (κ2) is 22.9. The van der Waals surface area contributed by atoms with Crippen molar-refractivity contribution in [3.05, 3.63) is 0 Å². The van der Waals surface area contributed by atoms with Gasteiger partial charge < -0.3 is 40.9 Å². The van der Waals surface area contributed by atoms with Crippen molar-refractivity contribution in [2.45, 2.75) is 0 Å². The molecule has 0 bridgehead atoms. The second-order valence-electron chi connectivity index (χ2n) is 7.99. The summed E-state index contributed by atoms with van der Waals surface area (Å²) in [4.78, 5) is 88.7. The van der Waals surface area contributed by atoms with Gasteiger partial charge in [-0.2, -0.15) is 0 Å². The van der Waals surface area contributed by atoms with Crippen molar-refractivity contribution in [1.82, 2.24) is 19.6 Å². The van der Waals surface area contributed by atoms with Gasteiger partial charge in [0, 0.05) is 43.2 Å². The van der Waals surface area contributed by atoms with Crippen LogP contribution in [0.2, 0.25) is 0 Å². The number of aliphatic carboxylic acids is 8. The summed E-state index contributed by atoms with van der Waals surface area (Å²) in [6, 6.07) is 0. The van der Waals surface area contributed by atoms with E-state index in [1.807, 2.05) is 0 Å². The molecule has 0 amide bonds. The molecule has 0 aromatic heterocycles. The summed E-state index contributed by atoms with van der Waals surface area (Å²) >= 11 is 0. The minimum absolute atomic E-state index is 0. The second-order valence-corrected chi connectivity index (χ2v) is 7.99. The van der Waals surface area contributed by atoms with E-state index in [4.69, 9.17) is 40.9 Å². The molecule has 0 aromatic carbocycles. The molecule has 41 heavy (non-hydrogen) atoms. The first-order valence-corrected chi connectivity index (χ1v) is 11.0. The Morgan fingerprint density at radius 2 is 0.390 bits per heavy atom. The van der Waals surface area contributed by atoms with E-state index in [1.165, 1.54) is 0 Å². The molecular weight excluding hydrogens is 608 g/mol. The Morgan fingerprint density at radius 1 is 0.293 bits per heavy atom. The van der Waals surface area contributed by atoms with Gasteiger partial charge in [0.25, 0.3) is 0 Å². The molecule has 0 heterocycles. The first-order valence-electron chi connectivity index (χ1n) is 11.0. The van der Waals surface area contributed by atoms with Gasteiger partial charge >= 0.3 is 47.8 Å². The molecule has 21 heteroatoms. The molecule has 0 aliphatic rings. The average Bonchev–Trinajstić information content (AvgIpc) is 2.72. The van der Waals surface area contributed by atoms with Gasteiger partial charge in [0.2, 0.25) is 0 Å². The van der Waals surface area contributed by atoms with Gasteiger partial charge in [0.15, 0.2) is 0 Å². The minimum Gasteiger partial charge on any atom is -0.480 e. The fourth-order valence-electron chi connectivity index (χ4n) is 2.95. The Hall–Kier alpha value is -3.88. The van der Waals surface area contributed by atoms with Crippen LogP contribution in [0.25, 0.3) is 0 Å². The maximum absolute atomic E-state index is 10.6. The molecule has 0 rings (SSSR count). The largest absolute Gasteiger partial charge is 0.480 e. The molecule has 0 aromatic rings. The summed E-state index contributed by atoms with van der Waals surface area (Å²) in [6.45, 7) is -4.50. The summed E-state index contributed by atoms with van der Waals surface area (Å²) in [7, 11) is 0. The number of hydrogen-bond acceptors (Lipinski definition) is 12. The molecule has 0 radical (unpaired) electrons. The van der Waals surface area contributed by atoms with E-state index in [-0.39, 0.29) is 43.2 Å². The Morgan fingerprint density at radius 3 is 0.463 bits per heavy atom. The van der Waals surface area contributed by atoms with Crippen LogP contribution in [0.4, 0.5) is 0 Å². The zero-order valence-electron chi connectivity index (χ0n) is 21.5. The Kier molecular flexibility index (Phi) is 23.2. The standard InChI is InChI=1S/2C10H16N2O8.Fe/c2*13-7(14)3-11(4-8(15)16)1-2-12(5-9(17)18)6-10(19)20;/h2*1-6H2,(H,13,14)(H,15,16)(H,17,18)(H,19,20);. The topological polar surface area (TPSA) is 311 Å². The monoisotopic (exact) mass is 640 g/mol. The van der Waals surface area contributed by atoms with Crippen molar-refractivity contribution in [2.24, 2.45) is 0 Å². The van der Waals surface area contributed by atoms with Crippen LogP contribution in [0.5, 0.6) is 0 Å². The maximum atomic E-state index is 10.6. The van der Waals surface area contributed by atoms with Gasteiger partial charge in [-0.25, -0.2) is 0 Å². The van der Waals surface area contributed by atoms with Crippen molar-refractivity contribution in [1.29, 1.82) is 0 Å². The van der Waals surface area contributed by atoms with E-state index >= 15 is 0 Å². The van der Waals surface area contributed by atoms with Crippen LogP contribution in [0.3, 0.4) is 0 Å². The van der Waals surface area contributed by atoms with Gasteiger partial charge in [-0.1, -0.05) is 0 Å². The fourth-order valence-corrected chi connectivity index (χ4v) is 2.95. The summed E-state index contributed by atoms with van der Waals surface area (Å²) in [5, 5.41) is 68.9. The summed E-state index contributed by atoms with van der Waals surface area (Å²) in [5.74, 6) is -9.82. The van der Waals surface area contributed by atoms with Gasteiger partial charge in [0.1, 0.15) is 0 Å². The Bertz CT molecular complexity index is 710. The molecule has 8 N–H and O–H groups in total. The SMILES string of the molecule is O=C(O)CN(CCN(CC(=O)O)CC(=O)O)CC(=O)O.O=C(O)CN(CCN(CC(=O)O)CC(=O)O)CC(=O)O.[Fe]. The quantitative estimate of drug-likeness (QED) is 0.0521. The number of carboxylic acid groups (broad SMARTS) is 8. The third-order valence-electron chi connectivity index (χ3n) is 4.34. The van der Waals surface area contributed by atoms with E-state index in [0.29, 0.717) is 0 Å². The van der Waals surface area contributed by atoms with Crippen molar-refractivity contribution in [3.63, 3.8) is 0 Å². The van der Waals surface area contributed by atoms with E-state index in [2.05, 4.69) is 0 Å². The molecule has 0 saturated carbocycles. The van der Waals surface area contributed by atoms with Crippen molar-refractivity contribution in [3.8, 4) is 0 Å². The summed E-state index contributed by atoms with van der Waals surface area (Å²) < 4.78 is 0. The smallest absolute Gasteiger partial charge is 0.317 e. The normalized spacial score (nSPS) is 10.4. The molecule has 0 saturated heterocycles. The predicted molar refractivity (Wildman–Crippen MR) is 127 cm³/mol. The van der Waals surface area contributed by atoms with Crippen LogP contribution in [0.15, 0.2) is 0 Å². The van der Waals surface area contributed by atoms with Crippen LogP contribution < -0.4 is 0 Å². The minimum atomic E-state index is -1.23. The van der Waals surface area contributed by atoms with E-state index in [0.717, 1.165) is 19.6 Å². The third-order valence-corrected chi connectivity index (χ3v) is 4.34. The maximum Gasteiger partial charge on any atom is 0.317 e. The average molecular weight is 640 g/mol. The third kappa shape index (κ3) is 28.9. The van der Waals surface area contributed by atoms with Crippen molar-refractivity contribution >= 4 is 47.8 Å². The number of nitrogens with zero attached hydrogens (tertiary/aromatic N) is 4.